The molecule has 0 radical (unpaired) electrons. The number of pyridine rings is 1. The Balaban J connectivity index is 0.00000256. The number of amides is 1. The Kier molecular flexibility index (Phi) is 7.14. The number of anilines is 1. The molecule has 1 unspecified atom stereocenters. The number of aromatic nitrogens is 1. The number of fused-ring (bicyclic) bond motifs is 1. The van der Waals surface area contributed by atoms with Crippen molar-refractivity contribution in [1.82, 2.24) is 15.2 Å². The number of morpholine rings is 1. The molecule has 2 fully saturated rings. The van der Waals surface area contributed by atoms with Crippen LogP contribution in [0.5, 0.6) is 0 Å². The Labute approximate surface area is 183 Å². The van der Waals surface area contributed by atoms with E-state index in [1.54, 1.807) is 12.3 Å². The maximum Gasteiger partial charge on any atom is 0.251 e. The van der Waals surface area contributed by atoms with Crippen LogP contribution >= 0.6 is 12.4 Å². The van der Waals surface area contributed by atoms with Crippen molar-refractivity contribution in [3.63, 3.8) is 0 Å². The van der Waals surface area contributed by atoms with Gasteiger partial charge in [-0.1, -0.05) is 0 Å². The van der Waals surface area contributed by atoms with Crippen LogP contribution in [0.1, 0.15) is 25.3 Å². The highest BCUT2D eigenvalue weighted by Crippen LogP contribution is 2.30. The number of rotatable bonds is 3. The van der Waals surface area contributed by atoms with Crippen LogP contribution in [0.4, 0.5) is 5.69 Å². The van der Waals surface area contributed by atoms with Crippen molar-refractivity contribution in [3.8, 4) is 6.07 Å². The minimum absolute atomic E-state index is 0. The Hall–Kier alpha value is -2.40. The summed E-state index contributed by atoms with van der Waals surface area (Å²) in [5, 5.41) is 13.5. The molecule has 1 N–H and O–H groups in total. The summed E-state index contributed by atoms with van der Waals surface area (Å²) in [4.78, 5) is 21.8. The van der Waals surface area contributed by atoms with E-state index in [1.165, 1.54) is 0 Å². The van der Waals surface area contributed by atoms with Gasteiger partial charge in [-0.3, -0.25) is 9.78 Å². The Morgan fingerprint density at radius 1 is 1.30 bits per heavy atom. The highest BCUT2D eigenvalue weighted by atomic mass is 35.5. The lowest BCUT2D eigenvalue weighted by Gasteiger charge is -2.39. The molecule has 8 heteroatoms. The number of ether oxygens (including phenoxy) is 1. The second kappa shape index (κ2) is 9.61. The molecule has 2 aromatic rings. The lowest BCUT2D eigenvalue weighted by molar-refractivity contribution is -0.138. The third-order valence-corrected chi connectivity index (χ3v) is 5.73. The molecule has 0 aliphatic carbocycles. The number of nitriles is 1. The van der Waals surface area contributed by atoms with Gasteiger partial charge in [0.1, 0.15) is 6.07 Å². The van der Waals surface area contributed by atoms with E-state index in [9.17, 15) is 10.1 Å². The summed E-state index contributed by atoms with van der Waals surface area (Å²) in [5.41, 5.74) is 2.23. The van der Waals surface area contributed by atoms with Crippen LogP contribution in [0.25, 0.3) is 10.9 Å². The Morgan fingerprint density at radius 3 is 2.90 bits per heavy atom. The number of piperidine rings is 1. The molecule has 1 aromatic heterocycles. The van der Waals surface area contributed by atoms with Crippen molar-refractivity contribution >= 4 is 34.9 Å². The van der Waals surface area contributed by atoms with E-state index in [0.29, 0.717) is 24.2 Å². The molecule has 3 atom stereocenters. The SMILES string of the molecule is C[C@@H]1CN(c2ccc(C#N)c3ncccc23)C[C@H](C(=O)NC2CCCN(C)C2)O1.Cl. The first-order valence-electron chi connectivity index (χ1n) is 10.2. The smallest absolute Gasteiger partial charge is 0.251 e. The maximum absolute atomic E-state index is 12.9. The van der Waals surface area contributed by atoms with Crippen molar-refractivity contribution in [2.24, 2.45) is 0 Å². The molecule has 0 spiro atoms. The standard InChI is InChI=1S/C22H27N5O2.ClH/c1-15-12-27(19-8-7-16(11-23)21-18(19)6-3-9-24-21)14-20(29-15)22(28)25-17-5-4-10-26(2)13-17;/h3,6-9,15,17,20H,4-5,10,12-14H2,1-2H3,(H,25,28);1H/t15-,17?,20-;/m1./s1. The fraction of sp³-hybridized carbons (Fsp3) is 0.500. The number of carbonyl (C=O) groups is 1. The van der Waals surface area contributed by atoms with Crippen LogP contribution in [0.2, 0.25) is 0 Å². The van der Waals surface area contributed by atoms with Crippen molar-refractivity contribution in [3.05, 3.63) is 36.0 Å². The van der Waals surface area contributed by atoms with Crippen LogP contribution in [0, 0.1) is 11.3 Å². The molecule has 160 valence electrons. The lowest BCUT2D eigenvalue weighted by Crippen LogP contribution is -2.56. The van der Waals surface area contributed by atoms with Crippen LogP contribution in [0.15, 0.2) is 30.5 Å². The summed E-state index contributed by atoms with van der Waals surface area (Å²) in [7, 11) is 2.09. The zero-order valence-corrected chi connectivity index (χ0v) is 18.2. The third-order valence-electron chi connectivity index (χ3n) is 5.73. The Bertz CT molecular complexity index is 947. The van der Waals surface area contributed by atoms with Gasteiger partial charge in [0.15, 0.2) is 6.10 Å². The highest BCUT2D eigenvalue weighted by Gasteiger charge is 2.33. The average molecular weight is 430 g/mol. The van der Waals surface area contributed by atoms with Gasteiger partial charge < -0.3 is 19.9 Å². The molecule has 2 aliphatic rings. The average Bonchev–Trinajstić information content (AvgIpc) is 2.72. The van der Waals surface area contributed by atoms with Crippen molar-refractivity contribution < 1.29 is 9.53 Å². The van der Waals surface area contributed by atoms with E-state index in [1.807, 2.05) is 25.1 Å². The number of hydrogen-bond donors (Lipinski definition) is 1. The molecule has 7 nitrogen and oxygen atoms in total. The third kappa shape index (κ3) is 4.67. The summed E-state index contributed by atoms with van der Waals surface area (Å²) in [5.74, 6) is -0.0436. The van der Waals surface area contributed by atoms with Gasteiger partial charge in [0.05, 0.1) is 23.7 Å². The first kappa shape index (κ1) is 22.3. The largest absolute Gasteiger partial charge is 0.365 e. The molecule has 0 bridgehead atoms. The predicted octanol–water partition coefficient (Wildman–Crippen LogP) is 2.33. The van der Waals surface area contributed by atoms with Gasteiger partial charge in [0.2, 0.25) is 0 Å². The van der Waals surface area contributed by atoms with E-state index in [4.69, 9.17) is 4.74 Å². The molecule has 2 saturated heterocycles. The number of carbonyl (C=O) groups excluding carboxylic acids is 1. The zero-order chi connectivity index (χ0) is 20.4. The first-order valence-corrected chi connectivity index (χ1v) is 10.2. The predicted molar refractivity (Wildman–Crippen MR) is 119 cm³/mol. The van der Waals surface area contributed by atoms with Crippen molar-refractivity contribution in [1.29, 1.82) is 5.26 Å². The molecule has 1 aromatic carbocycles. The Morgan fingerprint density at radius 2 is 2.13 bits per heavy atom. The second-order valence-corrected chi connectivity index (χ2v) is 8.09. The molecular formula is C22H28ClN5O2. The number of likely N-dealkylation sites (tertiary alicyclic amines) is 1. The molecule has 4 rings (SSSR count). The number of likely N-dealkylation sites (N-methyl/N-ethyl adjacent to an activating group) is 1. The number of nitrogens with zero attached hydrogens (tertiary/aromatic N) is 4. The summed E-state index contributed by atoms with van der Waals surface area (Å²) in [6.45, 7) is 5.12. The molecule has 0 saturated carbocycles. The quantitative estimate of drug-likeness (QED) is 0.806. The number of halogens is 1. The van der Waals surface area contributed by atoms with Crippen LogP contribution in [-0.2, 0) is 9.53 Å². The van der Waals surface area contributed by atoms with Gasteiger partial charge in [-0.2, -0.15) is 5.26 Å². The zero-order valence-electron chi connectivity index (χ0n) is 17.4. The van der Waals surface area contributed by atoms with Gasteiger partial charge in [-0.15, -0.1) is 12.4 Å². The molecule has 3 heterocycles. The van der Waals surface area contributed by atoms with Crippen LogP contribution in [0.3, 0.4) is 0 Å². The lowest BCUT2D eigenvalue weighted by atomic mass is 10.0. The van der Waals surface area contributed by atoms with E-state index >= 15 is 0 Å². The highest BCUT2D eigenvalue weighted by molar-refractivity contribution is 5.95. The van der Waals surface area contributed by atoms with Gasteiger partial charge in [-0.05, 0) is 57.6 Å². The van der Waals surface area contributed by atoms with Gasteiger partial charge >= 0.3 is 0 Å². The number of nitrogens with one attached hydrogen (secondary N) is 1. The van der Waals surface area contributed by atoms with E-state index < -0.39 is 6.10 Å². The van der Waals surface area contributed by atoms with E-state index in [0.717, 1.165) is 37.0 Å². The molecule has 2 aliphatic heterocycles. The summed E-state index contributed by atoms with van der Waals surface area (Å²) < 4.78 is 5.99. The molecular weight excluding hydrogens is 402 g/mol. The summed E-state index contributed by atoms with van der Waals surface area (Å²) >= 11 is 0. The second-order valence-electron chi connectivity index (χ2n) is 8.09. The fourth-order valence-corrected chi connectivity index (χ4v) is 4.39. The van der Waals surface area contributed by atoms with Gasteiger partial charge in [-0.25, -0.2) is 0 Å². The number of benzene rings is 1. The van der Waals surface area contributed by atoms with Crippen LogP contribution in [-0.4, -0.2) is 67.3 Å². The van der Waals surface area contributed by atoms with Crippen LogP contribution < -0.4 is 10.2 Å². The first-order chi connectivity index (χ1) is 14.0. The monoisotopic (exact) mass is 429 g/mol. The fourth-order valence-electron chi connectivity index (χ4n) is 4.39. The minimum Gasteiger partial charge on any atom is -0.365 e. The van der Waals surface area contributed by atoms with Gasteiger partial charge in [0.25, 0.3) is 5.91 Å². The number of hydrogen-bond acceptors (Lipinski definition) is 6. The molecule has 1 amide bonds. The van der Waals surface area contributed by atoms with Gasteiger partial charge in [0, 0.05) is 36.4 Å². The summed E-state index contributed by atoms with van der Waals surface area (Å²) in [6.07, 6.45) is 3.21. The summed E-state index contributed by atoms with van der Waals surface area (Å²) in [6, 6.07) is 9.99. The minimum atomic E-state index is -0.520. The molecule has 30 heavy (non-hydrogen) atoms. The topological polar surface area (TPSA) is 81.5 Å². The van der Waals surface area contributed by atoms with E-state index in [-0.39, 0.29) is 30.5 Å². The van der Waals surface area contributed by atoms with Crippen molar-refractivity contribution in [2.75, 3.05) is 38.1 Å². The normalized spacial score (nSPS) is 24.7. The maximum atomic E-state index is 12.9. The van der Waals surface area contributed by atoms with E-state index in [2.05, 4.69) is 33.2 Å². The van der Waals surface area contributed by atoms with Crippen molar-refractivity contribution in [2.45, 2.75) is 38.0 Å².